The zero-order valence-electron chi connectivity index (χ0n) is 19.6. The van der Waals surface area contributed by atoms with Gasteiger partial charge >= 0.3 is 0 Å². The van der Waals surface area contributed by atoms with Gasteiger partial charge < -0.3 is 9.88 Å². The highest BCUT2D eigenvalue weighted by molar-refractivity contribution is 9.10. The first kappa shape index (κ1) is 22.3. The number of aromatic nitrogens is 2. The number of hydrogen-bond donors (Lipinski definition) is 1. The molecule has 0 atom stereocenters. The lowest BCUT2D eigenvalue weighted by Gasteiger charge is -2.13. The lowest BCUT2D eigenvalue weighted by atomic mass is 9.98. The molecule has 0 radical (unpaired) electrons. The van der Waals surface area contributed by atoms with Gasteiger partial charge in [-0.2, -0.15) is 0 Å². The van der Waals surface area contributed by atoms with E-state index in [4.69, 9.17) is 12.2 Å². The Morgan fingerprint density at radius 1 is 0.914 bits per heavy atom. The van der Waals surface area contributed by atoms with Crippen molar-refractivity contribution >= 4 is 44.5 Å². The maximum absolute atomic E-state index is 6.12. The molecule has 2 aromatic heterocycles. The lowest BCUT2D eigenvalue weighted by molar-refractivity contribution is 0.647. The van der Waals surface area contributed by atoms with Gasteiger partial charge in [-0.05, 0) is 67.1 Å². The first-order chi connectivity index (χ1) is 17.1. The average Bonchev–Trinajstić information content (AvgIpc) is 3.28. The molecule has 5 aromatic rings. The summed E-state index contributed by atoms with van der Waals surface area (Å²) >= 11 is 9.72. The summed E-state index contributed by atoms with van der Waals surface area (Å²) in [6.45, 7) is 3.11. The zero-order chi connectivity index (χ0) is 23.9. The van der Waals surface area contributed by atoms with Gasteiger partial charge in [-0.15, -0.1) is 0 Å². The summed E-state index contributed by atoms with van der Waals surface area (Å²) in [6.07, 6.45) is 5.65. The number of nitrogens with one attached hydrogen (secondary N) is 1. The minimum atomic E-state index is 0.743. The molecular formula is C30H26BrN3S. The molecule has 6 rings (SSSR count). The van der Waals surface area contributed by atoms with E-state index in [-0.39, 0.29) is 0 Å². The molecule has 0 aliphatic carbocycles. The molecule has 0 saturated heterocycles. The van der Waals surface area contributed by atoms with Crippen LogP contribution in [0.25, 0.3) is 28.0 Å². The Kier molecular flexibility index (Phi) is 5.83. The highest BCUT2D eigenvalue weighted by Crippen LogP contribution is 2.40. The number of imidazole rings is 1. The molecule has 1 N–H and O–H groups in total. The Hall–Kier alpha value is -3.15. The number of rotatable bonds is 4. The number of anilines is 1. The third kappa shape index (κ3) is 4.03. The van der Waals surface area contributed by atoms with E-state index in [9.17, 15) is 0 Å². The van der Waals surface area contributed by atoms with Gasteiger partial charge in [0.05, 0.1) is 11.4 Å². The molecule has 0 fully saturated rings. The lowest BCUT2D eigenvalue weighted by Crippen LogP contribution is -2.14. The first-order valence-electron chi connectivity index (χ1n) is 12.1. The topological polar surface area (TPSA) is 21.4 Å². The number of halogens is 1. The summed E-state index contributed by atoms with van der Waals surface area (Å²) in [5.41, 5.74) is 10.9. The van der Waals surface area contributed by atoms with E-state index in [2.05, 4.69) is 122 Å². The van der Waals surface area contributed by atoms with Crippen LogP contribution in [0, 0.1) is 6.92 Å². The van der Waals surface area contributed by atoms with Crippen LogP contribution < -0.4 is 5.32 Å². The Morgan fingerprint density at radius 2 is 1.71 bits per heavy atom. The predicted octanol–water partition coefficient (Wildman–Crippen LogP) is 8.27. The van der Waals surface area contributed by atoms with E-state index >= 15 is 0 Å². The fraction of sp³-hybridized carbons (Fsp3) is 0.167. The Labute approximate surface area is 219 Å². The van der Waals surface area contributed by atoms with Gasteiger partial charge in [-0.25, -0.2) is 0 Å². The van der Waals surface area contributed by atoms with Crippen molar-refractivity contribution in [3.05, 3.63) is 106 Å². The van der Waals surface area contributed by atoms with Crippen LogP contribution in [0.2, 0.25) is 0 Å². The van der Waals surface area contributed by atoms with E-state index < -0.39 is 0 Å². The number of hydrogen-bond acceptors (Lipinski definition) is 1. The third-order valence-electron chi connectivity index (χ3n) is 6.83. The average molecular weight is 541 g/mol. The molecule has 3 aromatic carbocycles. The second-order valence-corrected chi connectivity index (χ2v) is 10.5. The minimum absolute atomic E-state index is 0.743. The summed E-state index contributed by atoms with van der Waals surface area (Å²) in [5, 5.41) is 3.55. The second-order valence-electron chi connectivity index (χ2n) is 9.22. The molecular weight excluding hydrogens is 514 g/mol. The molecule has 0 bridgehead atoms. The Balaban J connectivity index is 1.61. The monoisotopic (exact) mass is 539 g/mol. The summed E-state index contributed by atoms with van der Waals surface area (Å²) in [6, 6.07) is 27.7. The van der Waals surface area contributed by atoms with E-state index in [0.717, 1.165) is 40.2 Å². The van der Waals surface area contributed by atoms with Crippen LogP contribution in [-0.2, 0) is 13.0 Å². The third-order valence-corrected chi connectivity index (χ3v) is 7.65. The smallest absolute Gasteiger partial charge is 0.128 e. The standard InChI is InChI=1S/C30H26BrN3S/c1-20-8-7-11-24(18-20)32-29(35)28-27(22-13-15-23(31)16-14-22)25-12-5-6-17-33-26(19-34(28)30(25)33)21-9-3-2-4-10-21/h2-4,7-11,13-16,18-19H,5-6,12,17H2,1H3,(H,32,35). The molecule has 3 heterocycles. The fourth-order valence-electron chi connectivity index (χ4n) is 5.29. The van der Waals surface area contributed by atoms with Crippen LogP contribution in [0.15, 0.2) is 89.5 Å². The second kappa shape index (κ2) is 9.14. The van der Waals surface area contributed by atoms with Crippen molar-refractivity contribution in [1.29, 1.82) is 0 Å². The van der Waals surface area contributed by atoms with E-state index in [1.807, 2.05) is 0 Å². The van der Waals surface area contributed by atoms with Crippen LogP contribution in [0.3, 0.4) is 0 Å². The van der Waals surface area contributed by atoms with Gasteiger partial charge in [0.1, 0.15) is 10.6 Å². The molecule has 1 aliphatic heterocycles. The maximum Gasteiger partial charge on any atom is 0.128 e. The summed E-state index contributed by atoms with van der Waals surface area (Å²) in [5.74, 6) is 0. The van der Waals surface area contributed by atoms with Crippen LogP contribution in [0.4, 0.5) is 5.69 Å². The van der Waals surface area contributed by atoms with Crippen molar-refractivity contribution < 1.29 is 0 Å². The number of aryl methyl sites for hydroxylation is 3. The number of thiocarbonyl (C=S) groups is 1. The van der Waals surface area contributed by atoms with Gasteiger partial charge in [-0.1, -0.05) is 82.7 Å². The van der Waals surface area contributed by atoms with Gasteiger partial charge in [0.2, 0.25) is 0 Å². The fourth-order valence-corrected chi connectivity index (χ4v) is 5.87. The van der Waals surface area contributed by atoms with Gasteiger partial charge in [-0.3, -0.25) is 4.40 Å². The van der Waals surface area contributed by atoms with Crippen molar-refractivity contribution in [2.45, 2.75) is 32.7 Å². The SMILES string of the molecule is Cc1cccc(NC(=S)c2c(-c3ccc(Br)cc3)c3c4n(c(-c5ccccc5)cn24)CCCC3)c1. The molecule has 1 aliphatic rings. The van der Waals surface area contributed by atoms with Crippen LogP contribution in [0.5, 0.6) is 0 Å². The van der Waals surface area contributed by atoms with Crippen molar-refractivity contribution in [3.8, 4) is 22.4 Å². The Morgan fingerprint density at radius 3 is 2.49 bits per heavy atom. The summed E-state index contributed by atoms with van der Waals surface area (Å²) < 4.78 is 5.92. The first-order valence-corrected chi connectivity index (χ1v) is 13.3. The maximum atomic E-state index is 6.12. The number of nitrogens with zero attached hydrogens (tertiary/aromatic N) is 2. The quantitative estimate of drug-likeness (QED) is 0.232. The molecule has 35 heavy (non-hydrogen) atoms. The molecule has 0 amide bonds. The largest absolute Gasteiger partial charge is 0.345 e. The summed E-state index contributed by atoms with van der Waals surface area (Å²) in [7, 11) is 0. The molecule has 0 saturated carbocycles. The van der Waals surface area contributed by atoms with Crippen molar-refractivity contribution in [2.24, 2.45) is 0 Å². The van der Waals surface area contributed by atoms with Gasteiger partial charge in [0, 0.05) is 34.0 Å². The number of benzene rings is 3. The summed E-state index contributed by atoms with van der Waals surface area (Å²) in [4.78, 5) is 0.743. The predicted molar refractivity (Wildman–Crippen MR) is 153 cm³/mol. The molecule has 0 unspecified atom stereocenters. The van der Waals surface area contributed by atoms with Crippen LogP contribution >= 0.6 is 28.1 Å². The minimum Gasteiger partial charge on any atom is -0.345 e. The molecule has 0 spiro atoms. The van der Waals surface area contributed by atoms with E-state index in [1.54, 1.807) is 0 Å². The van der Waals surface area contributed by atoms with E-state index in [0.29, 0.717) is 0 Å². The van der Waals surface area contributed by atoms with Gasteiger partial charge in [0.25, 0.3) is 0 Å². The van der Waals surface area contributed by atoms with Gasteiger partial charge in [0.15, 0.2) is 0 Å². The molecule has 5 heteroatoms. The van der Waals surface area contributed by atoms with Crippen LogP contribution in [-0.4, -0.2) is 14.0 Å². The normalized spacial score (nSPS) is 13.1. The molecule has 3 nitrogen and oxygen atoms in total. The zero-order valence-corrected chi connectivity index (χ0v) is 22.0. The molecule has 174 valence electrons. The van der Waals surface area contributed by atoms with Crippen molar-refractivity contribution in [3.63, 3.8) is 0 Å². The highest BCUT2D eigenvalue weighted by Gasteiger charge is 2.28. The van der Waals surface area contributed by atoms with Crippen LogP contribution in [0.1, 0.15) is 29.7 Å². The van der Waals surface area contributed by atoms with E-state index in [1.165, 1.54) is 45.6 Å². The Bertz CT molecular complexity index is 1540. The van der Waals surface area contributed by atoms with Crippen molar-refractivity contribution in [2.75, 3.05) is 5.32 Å². The highest BCUT2D eigenvalue weighted by atomic mass is 79.9. The van der Waals surface area contributed by atoms with Crippen molar-refractivity contribution in [1.82, 2.24) is 8.97 Å².